The molecule has 2 aromatic rings. The lowest BCUT2D eigenvalue weighted by atomic mass is 10.2. The van der Waals surface area contributed by atoms with Crippen molar-refractivity contribution in [3.05, 3.63) is 23.8 Å². The molecule has 8 nitrogen and oxygen atoms in total. The van der Waals surface area contributed by atoms with E-state index in [4.69, 9.17) is 10.5 Å². The van der Waals surface area contributed by atoms with Crippen molar-refractivity contribution in [3.63, 3.8) is 0 Å². The second-order valence-electron chi connectivity index (χ2n) is 3.86. The maximum Gasteiger partial charge on any atom is 0.236 e. The van der Waals surface area contributed by atoms with Crippen molar-refractivity contribution in [3.8, 4) is 5.75 Å². The smallest absolute Gasteiger partial charge is 0.236 e. The highest BCUT2D eigenvalue weighted by atomic mass is 16.5. The van der Waals surface area contributed by atoms with Gasteiger partial charge < -0.3 is 10.5 Å². The first-order valence-corrected chi connectivity index (χ1v) is 5.96. The quantitative estimate of drug-likeness (QED) is 0.718. The number of aromatic nitrogens is 5. The van der Waals surface area contributed by atoms with Crippen LogP contribution >= 0.6 is 0 Å². The van der Waals surface area contributed by atoms with Gasteiger partial charge in [-0.2, -0.15) is 5.10 Å². The number of carbonyl (C=O) groups is 1. The average Bonchev–Trinajstić information content (AvgIpc) is 3.04. The summed E-state index contributed by atoms with van der Waals surface area (Å²) >= 11 is 0. The summed E-state index contributed by atoms with van der Waals surface area (Å²) in [7, 11) is 1.50. The minimum Gasteiger partial charge on any atom is -0.493 e. The fraction of sp³-hybridized carbons (Fsp3) is 0.455. The number of nitrogens with zero attached hydrogens (tertiary/aromatic N) is 5. The highest BCUT2D eigenvalue weighted by Crippen LogP contribution is 2.20. The molecule has 0 bridgehead atoms. The molecule has 0 saturated carbocycles. The number of carbonyl (C=O) groups excluding carboxylic acids is 1. The summed E-state index contributed by atoms with van der Waals surface area (Å²) in [5.41, 5.74) is 6.06. The number of hydrogen-bond donors (Lipinski definition) is 1. The highest BCUT2D eigenvalue weighted by molar-refractivity contribution is 6.08. The summed E-state index contributed by atoms with van der Waals surface area (Å²) in [5, 5.41) is 11.8. The third kappa shape index (κ3) is 2.48. The predicted molar refractivity (Wildman–Crippen MR) is 67.0 cm³/mol. The zero-order valence-corrected chi connectivity index (χ0v) is 10.9. The lowest BCUT2D eigenvalue weighted by molar-refractivity contribution is 0.102. The molecule has 0 spiro atoms. The number of aryl methyl sites for hydroxylation is 1. The Bertz CT molecular complexity index is 552. The van der Waals surface area contributed by atoms with Gasteiger partial charge in [0.1, 0.15) is 0 Å². The molecule has 102 valence electrons. The van der Waals surface area contributed by atoms with Crippen LogP contribution in [0, 0.1) is 0 Å². The first kappa shape index (κ1) is 13.2. The van der Waals surface area contributed by atoms with Crippen molar-refractivity contribution in [2.45, 2.75) is 20.0 Å². The predicted octanol–water partition coefficient (Wildman–Crippen LogP) is -0.307. The fourth-order valence-electron chi connectivity index (χ4n) is 1.75. The van der Waals surface area contributed by atoms with Crippen LogP contribution in [0.1, 0.15) is 23.1 Å². The molecular weight excluding hydrogens is 248 g/mol. The van der Waals surface area contributed by atoms with E-state index in [1.54, 1.807) is 10.9 Å². The monoisotopic (exact) mass is 264 g/mol. The maximum atomic E-state index is 12.4. The van der Waals surface area contributed by atoms with E-state index in [1.165, 1.54) is 18.0 Å². The van der Waals surface area contributed by atoms with Gasteiger partial charge in [-0.1, -0.05) is 5.21 Å². The van der Waals surface area contributed by atoms with E-state index < -0.39 is 0 Å². The molecule has 8 heteroatoms. The van der Waals surface area contributed by atoms with Crippen molar-refractivity contribution >= 4 is 5.78 Å². The first-order valence-electron chi connectivity index (χ1n) is 5.96. The van der Waals surface area contributed by atoms with Crippen LogP contribution in [-0.4, -0.2) is 44.2 Å². The van der Waals surface area contributed by atoms with E-state index in [-0.39, 0.29) is 11.5 Å². The molecule has 0 saturated heterocycles. The summed E-state index contributed by atoms with van der Waals surface area (Å²) in [6.07, 6.45) is 3.09. The molecule has 0 fully saturated rings. The zero-order chi connectivity index (χ0) is 13.8. The van der Waals surface area contributed by atoms with Gasteiger partial charge in [0.15, 0.2) is 17.1 Å². The van der Waals surface area contributed by atoms with Gasteiger partial charge in [-0.3, -0.25) is 14.2 Å². The molecule has 2 aromatic heterocycles. The van der Waals surface area contributed by atoms with Gasteiger partial charge >= 0.3 is 0 Å². The van der Waals surface area contributed by atoms with E-state index in [2.05, 4.69) is 15.4 Å². The molecule has 0 atom stereocenters. The number of rotatable bonds is 6. The van der Waals surface area contributed by atoms with E-state index in [1.807, 2.05) is 6.92 Å². The van der Waals surface area contributed by atoms with Gasteiger partial charge in [-0.05, 0) is 6.92 Å². The van der Waals surface area contributed by atoms with Crippen molar-refractivity contribution in [2.75, 3.05) is 13.7 Å². The molecule has 0 aliphatic rings. The number of ether oxygens (including phenoxy) is 1. The van der Waals surface area contributed by atoms with E-state index in [0.717, 1.165) is 0 Å². The second kappa shape index (κ2) is 5.61. The van der Waals surface area contributed by atoms with Gasteiger partial charge in [-0.25, -0.2) is 0 Å². The van der Waals surface area contributed by atoms with Crippen LogP contribution in [0.3, 0.4) is 0 Å². The Morgan fingerprint density at radius 1 is 1.53 bits per heavy atom. The fourth-order valence-corrected chi connectivity index (χ4v) is 1.75. The van der Waals surface area contributed by atoms with Crippen molar-refractivity contribution in [1.82, 2.24) is 24.8 Å². The van der Waals surface area contributed by atoms with Crippen LogP contribution in [0.2, 0.25) is 0 Å². The molecule has 0 radical (unpaired) electrons. The normalized spacial score (nSPS) is 10.7. The summed E-state index contributed by atoms with van der Waals surface area (Å²) in [6, 6.07) is 0. The summed E-state index contributed by atoms with van der Waals surface area (Å²) in [6.45, 7) is 3.42. The molecule has 0 amide bonds. The van der Waals surface area contributed by atoms with E-state index >= 15 is 0 Å². The van der Waals surface area contributed by atoms with Crippen LogP contribution in [0.25, 0.3) is 0 Å². The van der Waals surface area contributed by atoms with Crippen molar-refractivity contribution in [2.24, 2.45) is 5.73 Å². The lowest BCUT2D eigenvalue weighted by Crippen LogP contribution is -2.12. The van der Waals surface area contributed by atoms with Crippen molar-refractivity contribution in [1.29, 1.82) is 0 Å². The first-order chi connectivity index (χ1) is 9.21. The van der Waals surface area contributed by atoms with Crippen LogP contribution in [0.5, 0.6) is 5.75 Å². The Kier molecular flexibility index (Phi) is 3.91. The second-order valence-corrected chi connectivity index (χ2v) is 3.86. The van der Waals surface area contributed by atoms with Gasteiger partial charge in [0, 0.05) is 13.1 Å². The van der Waals surface area contributed by atoms with E-state index in [9.17, 15) is 4.79 Å². The topological polar surface area (TPSA) is 101 Å². The number of ketones is 1. The third-order valence-corrected chi connectivity index (χ3v) is 2.67. The van der Waals surface area contributed by atoms with Gasteiger partial charge in [0.25, 0.3) is 0 Å². The number of methoxy groups -OCH3 is 1. The largest absolute Gasteiger partial charge is 0.493 e. The molecule has 0 aromatic carbocycles. The molecule has 2 rings (SSSR count). The minimum absolute atomic E-state index is 0.252. The molecule has 2 heterocycles. The highest BCUT2D eigenvalue weighted by Gasteiger charge is 2.22. The van der Waals surface area contributed by atoms with Crippen LogP contribution in [-0.2, 0) is 13.1 Å². The number of nitrogens with two attached hydrogens (primary N) is 1. The molecule has 0 unspecified atom stereocenters. The molecular formula is C11H16N6O2. The Hall–Kier alpha value is -2.22. The van der Waals surface area contributed by atoms with Gasteiger partial charge in [-0.15, -0.1) is 5.10 Å². The Morgan fingerprint density at radius 2 is 2.32 bits per heavy atom. The van der Waals surface area contributed by atoms with Gasteiger partial charge in [0.05, 0.1) is 26.0 Å². The zero-order valence-electron chi connectivity index (χ0n) is 10.9. The maximum absolute atomic E-state index is 12.4. The molecule has 19 heavy (non-hydrogen) atoms. The molecule has 0 aliphatic heterocycles. The average molecular weight is 264 g/mol. The Labute approximate surface area is 110 Å². The van der Waals surface area contributed by atoms with E-state index in [0.29, 0.717) is 31.1 Å². The molecule has 0 aliphatic carbocycles. The van der Waals surface area contributed by atoms with Crippen LogP contribution in [0.15, 0.2) is 12.4 Å². The van der Waals surface area contributed by atoms with Gasteiger partial charge in [0.2, 0.25) is 5.78 Å². The summed E-state index contributed by atoms with van der Waals surface area (Å²) in [4.78, 5) is 12.4. The van der Waals surface area contributed by atoms with Crippen LogP contribution < -0.4 is 10.5 Å². The Balaban J connectivity index is 2.34. The standard InChI is InChI=1S/C11H16N6O2/c1-3-17-10(9(19-2)6-13-17)11(18)8-7-16(5-4-12)15-14-8/h6-7H,3-5,12H2,1-2H3. The SMILES string of the molecule is CCn1ncc(OC)c1C(=O)c1cn(CCN)nn1. The number of hydrogen-bond acceptors (Lipinski definition) is 6. The van der Waals surface area contributed by atoms with Crippen LogP contribution in [0.4, 0.5) is 0 Å². The summed E-state index contributed by atoms with van der Waals surface area (Å²) < 4.78 is 8.25. The Morgan fingerprint density at radius 3 is 2.95 bits per heavy atom. The minimum atomic E-state index is -0.264. The van der Waals surface area contributed by atoms with Crippen molar-refractivity contribution < 1.29 is 9.53 Å². The lowest BCUT2D eigenvalue weighted by Gasteiger charge is -2.03. The summed E-state index contributed by atoms with van der Waals surface area (Å²) in [5.74, 6) is 0.166. The molecule has 2 N–H and O–H groups in total. The third-order valence-electron chi connectivity index (χ3n) is 2.67.